The number of anilines is 1. The number of rotatable bonds is 3. The number of benzene rings is 1. The zero-order valence-corrected chi connectivity index (χ0v) is 10.2. The molecule has 16 heavy (non-hydrogen) atoms. The van der Waals surface area contributed by atoms with E-state index < -0.39 is 6.10 Å². The summed E-state index contributed by atoms with van der Waals surface area (Å²) in [7, 11) is 3.39. The fourth-order valence-corrected chi connectivity index (χ4v) is 1.36. The number of aryl methyl sites for hydroxylation is 1. The molecular weight excluding hydrogens is 204 g/mol. The molecule has 1 amide bonds. The molecule has 4 heteroatoms. The molecule has 1 aromatic rings. The van der Waals surface area contributed by atoms with Crippen molar-refractivity contribution >= 4 is 11.6 Å². The zero-order chi connectivity index (χ0) is 12.3. The number of hydrogen-bond acceptors (Lipinski definition) is 3. The first-order chi connectivity index (χ1) is 7.43. The molecule has 0 radical (unpaired) electrons. The first kappa shape index (κ1) is 12.4. The van der Waals surface area contributed by atoms with Gasteiger partial charge in [0.25, 0.3) is 5.91 Å². The van der Waals surface area contributed by atoms with Crippen LogP contribution >= 0.6 is 0 Å². The van der Waals surface area contributed by atoms with E-state index >= 15 is 0 Å². The highest BCUT2D eigenvalue weighted by Crippen LogP contribution is 2.25. The minimum absolute atomic E-state index is 0.0825. The van der Waals surface area contributed by atoms with Crippen LogP contribution in [0.4, 0.5) is 5.69 Å². The molecule has 0 aliphatic rings. The van der Waals surface area contributed by atoms with Gasteiger partial charge in [0.2, 0.25) is 0 Å². The van der Waals surface area contributed by atoms with Crippen LogP contribution in [0.1, 0.15) is 12.5 Å². The Labute approximate surface area is 96.0 Å². The minimum Gasteiger partial charge on any atom is -0.479 e. The number of nitrogens with zero attached hydrogens (tertiary/aromatic N) is 1. The topological polar surface area (TPSA) is 55.6 Å². The lowest BCUT2D eigenvalue weighted by Gasteiger charge is -2.19. The Bertz CT molecular complexity index is 389. The maximum absolute atomic E-state index is 11.6. The monoisotopic (exact) mass is 222 g/mol. The van der Waals surface area contributed by atoms with Crippen molar-refractivity contribution in [1.29, 1.82) is 0 Å². The van der Waals surface area contributed by atoms with Gasteiger partial charge < -0.3 is 15.4 Å². The van der Waals surface area contributed by atoms with E-state index in [1.807, 2.05) is 19.1 Å². The third kappa shape index (κ3) is 2.66. The number of amides is 1. The predicted octanol–water partition coefficient (Wildman–Crippen LogP) is 1.43. The van der Waals surface area contributed by atoms with Crippen LogP contribution in [0.15, 0.2) is 18.2 Å². The first-order valence-corrected chi connectivity index (χ1v) is 5.16. The van der Waals surface area contributed by atoms with E-state index in [1.165, 1.54) is 4.90 Å². The molecule has 0 fully saturated rings. The van der Waals surface area contributed by atoms with Crippen molar-refractivity contribution in [2.45, 2.75) is 20.0 Å². The normalized spacial score (nSPS) is 12.0. The van der Waals surface area contributed by atoms with Crippen molar-refractivity contribution < 1.29 is 9.53 Å². The molecule has 1 rings (SSSR count). The summed E-state index contributed by atoms with van der Waals surface area (Å²) < 4.78 is 5.53. The summed E-state index contributed by atoms with van der Waals surface area (Å²) in [6.07, 6.45) is -0.529. The second-order valence-electron chi connectivity index (χ2n) is 3.98. The molecule has 4 nitrogen and oxygen atoms in total. The van der Waals surface area contributed by atoms with Crippen molar-refractivity contribution in [3.8, 4) is 5.75 Å². The van der Waals surface area contributed by atoms with E-state index in [0.717, 1.165) is 5.56 Å². The fourth-order valence-electron chi connectivity index (χ4n) is 1.36. The first-order valence-electron chi connectivity index (χ1n) is 5.16. The highest BCUT2D eigenvalue weighted by molar-refractivity contribution is 5.80. The minimum atomic E-state index is -0.529. The average Bonchev–Trinajstić information content (AvgIpc) is 2.23. The Morgan fingerprint density at radius 2 is 2.06 bits per heavy atom. The van der Waals surface area contributed by atoms with Crippen LogP contribution in [0.5, 0.6) is 5.75 Å². The molecule has 88 valence electrons. The summed E-state index contributed by atoms with van der Waals surface area (Å²) in [6.45, 7) is 3.62. The molecule has 1 unspecified atom stereocenters. The molecule has 2 N–H and O–H groups in total. The van der Waals surface area contributed by atoms with Gasteiger partial charge in [-0.3, -0.25) is 4.79 Å². The summed E-state index contributed by atoms with van der Waals surface area (Å²) in [5, 5.41) is 0. The molecule has 0 aromatic heterocycles. The summed E-state index contributed by atoms with van der Waals surface area (Å²) in [5.74, 6) is 0.476. The summed E-state index contributed by atoms with van der Waals surface area (Å²) in [4.78, 5) is 13.1. The number of likely N-dealkylation sites (N-methyl/N-ethyl adjacent to an activating group) is 1. The van der Waals surface area contributed by atoms with E-state index in [0.29, 0.717) is 11.4 Å². The number of ether oxygens (including phenoxy) is 1. The smallest absolute Gasteiger partial charge is 0.262 e. The summed E-state index contributed by atoms with van der Waals surface area (Å²) >= 11 is 0. The lowest BCUT2D eigenvalue weighted by atomic mass is 10.2. The molecule has 0 spiro atoms. The molecular formula is C12H18N2O2. The Hall–Kier alpha value is -1.71. The van der Waals surface area contributed by atoms with Gasteiger partial charge >= 0.3 is 0 Å². The van der Waals surface area contributed by atoms with Crippen molar-refractivity contribution in [1.82, 2.24) is 4.90 Å². The molecule has 0 bridgehead atoms. The van der Waals surface area contributed by atoms with Crippen LogP contribution in [0.25, 0.3) is 0 Å². The van der Waals surface area contributed by atoms with Crippen molar-refractivity contribution in [2.75, 3.05) is 19.8 Å². The van der Waals surface area contributed by atoms with Gasteiger partial charge in [-0.25, -0.2) is 0 Å². The quantitative estimate of drug-likeness (QED) is 0.787. The Morgan fingerprint density at radius 1 is 1.44 bits per heavy atom. The Balaban J connectivity index is 2.81. The SMILES string of the molecule is Cc1cccc(OC(C)C(=O)N(C)C)c1N. The van der Waals surface area contributed by atoms with Crippen LogP contribution in [0.2, 0.25) is 0 Å². The van der Waals surface area contributed by atoms with Gasteiger partial charge in [-0.2, -0.15) is 0 Å². The maximum atomic E-state index is 11.6. The average molecular weight is 222 g/mol. The van der Waals surface area contributed by atoms with E-state index in [1.54, 1.807) is 27.1 Å². The van der Waals surface area contributed by atoms with Crippen LogP contribution < -0.4 is 10.5 Å². The third-order valence-electron chi connectivity index (χ3n) is 2.38. The van der Waals surface area contributed by atoms with E-state index in [4.69, 9.17) is 10.5 Å². The highest BCUT2D eigenvalue weighted by Gasteiger charge is 2.17. The maximum Gasteiger partial charge on any atom is 0.262 e. The summed E-state index contributed by atoms with van der Waals surface area (Å²) in [6, 6.07) is 5.52. The lowest BCUT2D eigenvalue weighted by Crippen LogP contribution is -2.35. The van der Waals surface area contributed by atoms with Crippen LogP contribution in [0.3, 0.4) is 0 Å². The van der Waals surface area contributed by atoms with Gasteiger partial charge in [-0.1, -0.05) is 12.1 Å². The van der Waals surface area contributed by atoms with Gasteiger partial charge in [-0.05, 0) is 25.5 Å². The van der Waals surface area contributed by atoms with Gasteiger partial charge in [0.05, 0.1) is 5.69 Å². The number of nitrogen functional groups attached to an aromatic ring is 1. The predicted molar refractivity (Wildman–Crippen MR) is 64.4 cm³/mol. The van der Waals surface area contributed by atoms with Crippen LogP contribution in [-0.4, -0.2) is 31.0 Å². The van der Waals surface area contributed by atoms with E-state index in [9.17, 15) is 4.79 Å². The molecule has 1 atom stereocenters. The van der Waals surface area contributed by atoms with Crippen molar-refractivity contribution in [3.63, 3.8) is 0 Å². The highest BCUT2D eigenvalue weighted by atomic mass is 16.5. The molecule has 0 aliphatic carbocycles. The van der Waals surface area contributed by atoms with Crippen LogP contribution in [0, 0.1) is 6.92 Å². The molecule has 0 saturated heterocycles. The number of hydrogen-bond donors (Lipinski definition) is 1. The van der Waals surface area contributed by atoms with Gasteiger partial charge in [0.1, 0.15) is 5.75 Å². The zero-order valence-electron chi connectivity index (χ0n) is 10.2. The molecule has 1 aromatic carbocycles. The number of carbonyl (C=O) groups is 1. The largest absolute Gasteiger partial charge is 0.479 e. The molecule has 0 saturated carbocycles. The second-order valence-corrected chi connectivity index (χ2v) is 3.98. The Morgan fingerprint density at radius 3 is 2.62 bits per heavy atom. The third-order valence-corrected chi connectivity index (χ3v) is 2.38. The molecule has 0 heterocycles. The van der Waals surface area contributed by atoms with Crippen LogP contribution in [-0.2, 0) is 4.79 Å². The standard InChI is InChI=1S/C12H18N2O2/c1-8-6-5-7-10(11(8)13)16-9(2)12(15)14(3)4/h5-7,9H,13H2,1-4H3. The second kappa shape index (κ2) is 4.88. The van der Waals surface area contributed by atoms with Crippen molar-refractivity contribution in [2.24, 2.45) is 0 Å². The van der Waals surface area contributed by atoms with Gasteiger partial charge in [0.15, 0.2) is 6.10 Å². The lowest BCUT2D eigenvalue weighted by molar-refractivity contribution is -0.135. The number of nitrogens with two attached hydrogens (primary N) is 1. The number of para-hydroxylation sites is 1. The van der Waals surface area contributed by atoms with E-state index in [-0.39, 0.29) is 5.91 Å². The van der Waals surface area contributed by atoms with E-state index in [2.05, 4.69) is 0 Å². The van der Waals surface area contributed by atoms with Gasteiger partial charge in [0, 0.05) is 14.1 Å². The summed E-state index contributed by atoms with van der Waals surface area (Å²) in [5.41, 5.74) is 7.39. The van der Waals surface area contributed by atoms with Crippen molar-refractivity contribution in [3.05, 3.63) is 23.8 Å². The number of carbonyl (C=O) groups excluding carboxylic acids is 1. The van der Waals surface area contributed by atoms with Gasteiger partial charge in [-0.15, -0.1) is 0 Å². The Kier molecular flexibility index (Phi) is 3.77. The molecule has 0 aliphatic heterocycles. The fraction of sp³-hybridized carbons (Fsp3) is 0.417.